The average Bonchev–Trinajstić information content (AvgIpc) is 2.58. The van der Waals surface area contributed by atoms with Gasteiger partial charge in [-0.15, -0.1) is 0 Å². The summed E-state index contributed by atoms with van der Waals surface area (Å²) in [6.45, 7) is 7.07. The Morgan fingerprint density at radius 1 is 1.42 bits per heavy atom. The molecular weight excluding hydrogens is 320 g/mol. The molecule has 0 aromatic carbocycles. The molecule has 19 heavy (non-hydrogen) atoms. The number of amides is 1. The quantitative estimate of drug-likeness (QED) is 0.854. The number of rotatable bonds is 3. The second-order valence-corrected chi connectivity index (χ2v) is 5.31. The number of carbonyl (C=O) groups excluding carboxylic acids is 2. The van der Waals surface area contributed by atoms with E-state index in [1.807, 2.05) is 0 Å². The monoisotopic (exact) mass is 334 g/mol. The first kappa shape index (κ1) is 15.5. The smallest absolute Gasteiger partial charge is 0.414 e. The van der Waals surface area contributed by atoms with Crippen LogP contribution in [0.2, 0.25) is 0 Å². The number of nitrogens with one attached hydrogen (secondary N) is 1. The lowest BCUT2D eigenvalue weighted by atomic mass is 10.2. The lowest BCUT2D eigenvalue weighted by Crippen LogP contribution is -2.27. The molecule has 0 saturated carbocycles. The van der Waals surface area contributed by atoms with Gasteiger partial charge in [0.25, 0.3) is 0 Å². The van der Waals surface area contributed by atoms with Gasteiger partial charge >= 0.3 is 12.1 Å². The van der Waals surface area contributed by atoms with Crippen molar-refractivity contribution < 1.29 is 23.6 Å². The van der Waals surface area contributed by atoms with Crippen LogP contribution in [0, 0.1) is 0 Å². The van der Waals surface area contributed by atoms with E-state index >= 15 is 0 Å². The highest BCUT2D eigenvalue weighted by Gasteiger charge is 2.24. The third kappa shape index (κ3) is 4.55. The molecule has 0 radical (unpaired) electrons. The Morgan fingerprint density at radius 3 is 2.58 bits per heavy atom. The number of hydrogen-bond donors (Lipinski definition) is 1. The number of nitrogens with zero attached hydrogens (tertiary/aromatic N) is 1. The van der Waals surface area contributed by atoms with E-state index in [1.54, 1.807) is 27.7 Å². The molecule has 1 amide bonds. The zero-order valence-electron chi connectivity index (χ0n) is 11.1. The van der Waals surface area contributed by atoms with Crippen molar-refractivity contribution in [1.82, 2.24) is 5.16 Å². The van der Waals surface area contributed by atoms with Gasteiger partial charge in [0, 0.05) is 0 Å². The molecule has 1 aromatic rings. The summed E-state index contributed by atoms with van der Waals surface area (Å²) >= 11 is 3.10. The Labute approximate surface area is 118 Å². The predicted molar refractivity (Wildman–Crippen MR) is 70.0 cm³/mol. The van der Waals surface area contributed by atoms with E-state index in [-0.39, 0.29) is 22.7 Å². The number of hydrogen-bond acceptors (Lipinski definition) is 6. The lowest BCUT2D eigenvalue weighted by Gasteiger charge is -2.18. The van der Waals surface area contributed by atoms with Crippen LogP contribution in [-0.2, 0) is 9.47 Å². The first-order valence-corrected chi connectivity index (χ1v) is 6.36. The first-order chi connectivity index (χ1) is 8.74. The molecule has 0 aliphatic rings. The molecule has 0 spiro atoms. The van der Waals surface area contributed by atoms with Gasteiger partial charge in [0.05, 0.1) is 6.61 Å². The SMILES string of the molecule is CCOC(=O)c1noc(NC(=O)OC(C)(C)C)c1Br. The summed E-state index contributed by atoms with van der Waals surface area (Å²) in [5, 5.41) is 5.86. The fraction of sp³-hybridized carbons (Fsp3) is 0.545. The van der Waals surface area contributed by atoms with Gasteiger partial charge in [0.2, 0.25) is 11.6 Å². The van der Waals surface area contributed by atoms with Crippen molar-refractivity contribution in [3.05, 3.63) is 10.2 Å². The Hall–Kier alpha value is -1.57. The second-order valence-electron chi connectivity index (χ2n) is 4.52. The number of anilines is 1. The molecule has 8 heteroatoms. The van der Waals surface area contributed by atoms with Crippen molar-refractivity contribution >= 4 is 33.9 Å². The molecule has 0 unspecified atom stereocenters. The minimum atomic E-state index is -0.709. The zero-order chi connectivity index (χ0) is 14.6. The van der Waals surface area contributed by atoms with Gasteiger partial charge in [-0.05, 0) is 43.6 Å². The van der Waals surface area contributed by atoms with Crippen molar-refractivity contribution in [3.8, 4) is 0 Å². The fourth-order valence-electron chi connectivity index (χ4n) is 1.08. The Morgan fingerprint density at radius 2 is 2.05 bits per heavy atom. The molecule has 0 fully saturated rings. The van der Waals surface area contributed by atoms with E-state index in [2.05, 4.69) is 26.4 Å². The average molecular weight is 335 g/mol. The number of ether oxygens (including phenoxy) is 2. The van der Waals surface area contributed by atoms with Gasteiger partial charge in [-0.1, -0.05) is 5.16 Å². The lowest BCUT2D eigenvalue weighted by molar-refractivity contribution is 0.0513. The van der Waals surface area contributed by atoms with Crippen LogP contribution in [0.1, 0.15) is 38.2 Å². The summed E-state index contributed by atoms with van der Waals surface area (Å²) < 4.78 is 14.9. The fourth-order valence-corrected chi connectivity index (χ4v) is 1.49. The highest BCUT2D eigenvalue weighted by molar-refractivity contribution is 9.10. The number of esters is 1. The molecule has 1 heterocycles. The molecule has 0 atom stereocenters. The van der Waals surface area contributed by atoms with Crippen LogP contribution in [0.15, 0.2) is 9.00 Å². The largest absolute Gasteiger partial charge is 0.461 e. The van der Waals surface area contributed by atoms with E-state index < -0.39 is 17.7 Å². The van der Waals surface area contributed by atoms with Gasteiger partial charge in [0.15, 0.2) is 0 Å². The van der Waals surface area contributed by atoms with Gasteiger partial charge in [-0.3, -0.25) is 5.32 Å². The minimum Gasteiger partial charge on any atom is -0.461 e. The number of aromatic nitrogens is 1. The van der Waals surface area contributed by atoms with Crippen LogP contribution in [0.4, 0.5) is 10.7 Å². The van der Waals surface area contributed by atoms with Crippen LogP contribution < -0.4 is 5.32 Å². The predicted octanol–water partition coefficient (Wildman–Crippen LogP) is 2.96. The van der Waals surface area contributed by atoms with Crippen LogP contribution >= 0.6 is 15.9 Å². The van der Waals surface area contributed by atoms with Gasteiger partial charge in [-0.2, -0.15) is 0 Å². The summed E-state index contributed by atoms with van der Waals surface area (Å²) in [5.41, 5.74) is -0.687. The zero-order valence-corrected chi connectivity index (χ0v) is 12.7. The summed E-state index contributed by atoms with van der Waals surface area (Å²) in [7, 11) is 0. The maximum Gasteiger partial charge on any atom is 0.414 e. The van der Waals surface area contributed by atoms with E-state index in [4.69, 9.17) is 14.0 Å². The molecule has 1 rings (SSSR count). The summed E-state index contributed by atoms with van der Waals surface area (Å²) in [4.78, 5) is 23.0. The van der Waals surface area contributed by atoms with Gasteiger partial charge in [-0.25, -0.2) is 9.59 Å². The molecule has 1 N–H and O–H groups in total. The van der Waals surface area contributed by atoms with Crippen LogP contribution in [-0.4, -0.2) is 29.4 Å². The Balaban J connectivity index is 2.76. The van der Waals surface area contributed by atoms with Crippen LogP contribution in [0.25, 0.3) is 0 Å². The topological polar surface area (TPSA) is 90.7 Å². The highest BCUT2D eigenvalue weighted by Crippen LogP contribution is 2.27. The normalized spacial score (nSPS) is 11.0. The third-order valence-corrected chi connectivity index (χ3v) is 2.45. The summed E-state index contributed by atoms with van der Waals surface area (Å²) in [6, 6.07) is 0. The third-order valence-electron chi connectivity index (χ3n) is 1.72. The molecule has 7 nitrogen and oxygen atoms in total. The van der Waals surface area contributed by atoms with Crippen molar-refractivity contribution in [2.75, 3.05) is 11.9 Å². The van der Waals surface area contributed by atoms with Gasteiger partial charge in [0.1, 0.15) is 10.1 Å². The molecule has 106 valence electrons. The van der Waals surface area contributed by atoms with Crippen molar-refractivity contribution in [3.63, 3.8) is 0 Å². The van der Waals surface area contributed by atoms with Crippen molar-refractivity contribution in [1.29, 1.82) is 0 Å². The molecular formula is C11H15BrN2O5. The van der Waals surface area contributed by atoms with Crippen molar-refractivity contribution in [2.45, 2.75) is 33.3 Å². The molecule has 0 aliphatic carbocycles. The van der Waals surface area contributed by atoms with Crippen LogP contribution in [0.5, 0.6) is 0 Å². The van der Waals surface area contributed by atoms with Gasteiger partial charge < -0.3 is 14.0 Å². The van der Waals surface area contributed by atoms with Crippen LogP contribution in [0.3, 0.4) is 0 Å². The summed E-state index contributed by atoms with van der Waals surface area (Å²) in [5.74, 6) is -0.660. The Bertz CT molecular complexity index is 478. The van der Waals surface area contributed by atoms with E-state index in [0.717, 1.165) is 0 Å². The maximum absolute atomic E-state index is 11.5. The van der Waals surface area contributed by atoms with E-state index in [0.29, 0.717) is 0 Å². The summed E-state index contributed by atoms with van der Waals surface area (Å²) in [6.07, 6.45) is -0.709. The van der Waals surface area contributed by atoms with E-state index in [9.17, 15) is 9.59 Å². The maximum atomic E-state index is 11.5. The molecule has 0 saturated heterocycles. The number of halogens is 1. The molecule has 0 aliphatic heterocycles. The highest BCUT2D eigenvalue weighted by atomic mass is 79.9. The molecule has 1 aromatic heterocycles. The van der Waals surface area contributed by atoms with E-state index in [1.165, 1.54) is 0 Å². The molecule has 0 bridgehead atoms. The first-order valence-electron chi connectivity index (χ1n) is 5.57. The number of carbonyl (C=O) groups is 2. The van der Waals surface area contributed by atoms with Crippen molar-refractivity contribution in [2.24, 2.45) is 0 Å². The standard InChI is InChI=1S/C11H15BrN2O5/c1-5-17-9(15)7-6(12)8(19-14-7)13-10(16)18-11(2,3)4/h5H2,1-4H3,(H,13,16). The Kier molecular flexibility index (Phi) is 4.93. The minimum absolute atomic E-state index is 0.0164. The second kappa shape index (κ2) is 6.05.